The molecule has 0 aliphatic heterocycles. The maximum atomic E-state index is 9.27. The summed E-state index contributed by atoms with van der Waals surface area (Å²) in [6.45, 7) is 1.91. The van der Waals surface area contributed by atoms with Gasteiger partial charge in [-0.15, -0.1) is 0 Å². The highest BCUT2D eigenvalue weighted by atomic mass is 16.3. The van der Waals surface area contributed by atoms with Gasteiger partial charge in [0.15, 0.2) is 0 Å². The molecule has 1 atom stereocenters. The minimum Gasteiger partial charge on any atom is -0.508 e. The molecule has 3 nitrogen and oxygen atoms in total. The average Bonchev–Trinajstić information content (AvgIpc) is 2.10. The van der Waals surface area contributed by atoms with Gasteiger partial charge in [0.1, 0.15) is 5.75 Å². The van der Waals surface area contributed by atoms with Gasteiger partial charge in [-0.3, -0.25) is 0 Å². The van der Waals surface area contributed by atoms with Crippen molar-refractivity contribution in [1.82, 2.24) is 0 Å². The Hall–Kier alpha value is -1.06. The Morgan fingerprint density at radius 2 is 2.15 bits per heavy atom. The number of aliphatic hydroxyl groups excluding tert-OH is 1. The number of hydrogen-bond donors (Lipinski definition) is 3. The van der Waals surface area contributed by atoms with Gasteiger partial charge in [-0.25, -0.2) is 0 Å². The first-order valence-corrected chi connectivity index (χ1v) is 4.31. The Labute approximate surface area is 77.8 Å². The summed E-state index contributed by atoms with van der Waals surface area (Å²) in [5, 5.41) is 18.0. The highest BCUT2D eigenvalue weighted by Crippen LogP contribution is 2.21. The standard InChI is InChI=1S/C10H15NO2/c1-7-6-8(2-3-10(7)13)9(11)4-5-12/h2-3,6,9,12-13H,4-5,11H2,1H3. The summed E-state index contributed by atoms with van der Waals surface area (Å²) in [6, 6.07) is 5.10. The van der Waals surface area contributed by atoms with Gasteiger partial charge in [0.2, 0.25) is 0 Å². The molecule has 0 aliphatic rings. The SMILES string of the molecule is Cc1cc(C(N)CCO)ccc1O. The Kier molecular flexibility index (Phi) is 3.28. The predicted molar refractivity (Wildman–Crippen MR) is 51.5 cm³/mol. The highest BCUT2D eigenvalue weighted by Gasteiger charge is 2.06. The fourth-order valence-electron chi connectivity index (χ4n) is 1.22. The van der Waals surface area contributed by atoms with Crippen molar-refractivity contribution in [3.05, 3.63) is 29.3 Å². The molecule has 0 spiro atoms. The highest BCUT2D eigenvalue weighted by molar-refractivity contribution is 5.36. The molecular weight excluding hydrogens is 166 g/mol. The Bertz CT molecular complexity index is 286. The smallest absolute Gasteiger partial charge is 0.118 e. The molecule has 1 aromatic carbocycles. The zero-order valence-corrected chi connectivity index (χ0v) is 7.70. The number of phenolic OH excluding ortho intramolecular Hbond substituents is 1. The zero-order chi connectivity index (χ0) is 9.84. The topological polar surface area (TPSA) is 66.5 Å². The van der Waals surface area contributed by atoms with Gasteiger partial charge in [0.25, 0.3) is 0 Å². The van der Waals surface area contributed by atoms with Crippen LogP contribution in [0.3, 0.4) is 0 Å². The van der Waals surface area contributed by atoms with E-state index in [1.54, 1.807) is 12.1 Å². The van der Waals surface area contributed by atoms with Crippen LogP contribution < -0.4 is 5.73 Å². The molecule has 4 N–H and O–H groups in total. The van der Waals surface area contributed by atoms with Crippen molar-refractivity contribution < 1.29 is 10.2 Å². The van der Waals surface area contributed by atoms with Gasteiger partial charge in [-0.2, -0.15) is 0 Å². The van der Waals surface area contributed by atoms with Gasteiger partial charge >= 0.3 is 0 Å². The first kappa shape index (κ1) is 10.0. The van der Waals surface area contributed by atoms with Crippen LogP contribution in [-0.2, 0) is 0 Å². The van der Waals surface area contributed by atoms with E-state index in [0.717, 1.165) is 11.1 Å². The van der Waals surface area contributed by atoms with Crippen LogP contribution in [0.4, 0.5) is 0 Å². The van der Waals surface area contributed by atoms with Gasteiger partial charge in [0.05, 0.1) is 0 Å². The molecule has 72 valence electrons. The van der Waals surface area contributed by atoms with E-state index >= 15 is 0 Å². The molecule has 0 bridgehead atoms. The van der Waals surface area contributed by atoms with Crippen LogP contribution >= 0.6 is 0 Å². The van der Waals surface area contributed by atoms with E-state index in [0.29, 0.717) is 6.42 Å². The molecular formula is C10H15NO2. The van der Waals surface area contributed by atoms with E-state index in [2.05, 4.69) is 0 Å². The number of aliphatic hydroxyl groups is 1. The lowest BCUT2D eigenvalue weighted by Crippen LogP contribution is -2.11. The van der Waals surface area contributed by atoms with E-state index in [1.807, 2.05) is 13.0 Å². The minimum atomic E-state index is -0.149. The van der Waals surface area contributed by atoms with Gasteiger partial charge in [0, 0.05) is 12.6 Å². The molecule has 1 unspecified atom stereocenters. The molecule has 0 saturated carbocycles. The van der Waals surface area contributed by atoms with Gasteiger partial charge in [-0.1, -0.05) is 12.1 Å². The molecule has 1 rings (SSSR count). The van der Waals surface area contributed by atoms with Crippen molar-refractivity contribution in [2.24, 2.45) is 5.73 Å². The van der Waals surface area contributed by atoms with Crippen LogP contribution in [0.5, 0.6) is 5.75 Å². The number of nitrogens with two attached hydrogens (primary N) is 1. The van der Waals surface area contributed by atoms with Crippen LogP contribution in [0.2, 0.25) is 0 Å². The van der Waals surface area contributed by atoms with Crippen molar-refractivity contribution in [1.29, 1.82) is 0 Å². The number of hydrogen-bond acceptors (Lipinski definition) is 3. The van der Waals surface area contributed by atoms with Crippen molar-refractivity contribution in [2.45, 2.75) is 19.4 Å². The molecule has 13 heavy (non-hydrogen) atoms. The molecule has 0 heterocycles. The summed E-state index contributed by atoms with van der Waals surface area (Å²) in [5.74, 6) is 0.278. The second-order valence-corrected chi connectivity index (χ2v) is 3.16. The number of rotatable bonds is 3. The summed E-state index contributed by atoms with van der Waals surface area (Å²) in [5.41, 5.74) is 7.54. The van der Waals surface area contributed by atoms with E-state index < -0.39 is 0 Å². The number of phenols is 1. The fourth-order valence-corrected chi connectivity index (χ4v) is 1.22. The summed E-state index contributed by atoms with van der Waals surface area (Å²) in [6.07, 6.45) is 0.546. The lowest BCUT2D eigenvalue weighted by Gasteiger charge is -2.11. The van der Waals surface area contributed by atoms with Crippen molar-refractivity contribution >= 4 is 0 Å². The van der Waals surface area contributed by atoms with Crippen LogP contribution in [-0.4, -0.2) is 16.8 Å². The molecule has 3 heteroatoms. The Morgan fingerprint density at radius 3 is 2.69 bits per heavy atom. The lowest BCUT2D eigenvalue weighted by atomic mass is 10.0. The third-order valence-corrected chi connectivity index (χ3v) is 2.09. The molecule has 0 aromatic heterocycles. The summed E-state index contributed by atoms with van der Waals surface area (Å²) >= 11 is 0. The zero-order valence-electron chi connectivity index (χ0n) is 7.70. The normalized spacial score (nSPS) is 12.8. The number of benzene rings is 1. The quantitative estimate of drug-likeness (QED) is 0.653. The maximum absolute atomic E-state index is 9.27. The molecule has 0 fully saturated rings. The first-order valence-electron chi connectivity index (χ1n) is 4.31. The van der Waals surface area contributed by atoms with Crippen molar-refractivity contribution in [2.75, 3.05) is 6.61 Å². The minimum absolute atomic E-state index is 0.0844. The monoisotopic (exact) mass is 181 g/mol. The van der Waals surface area contributed by atoms with E-state index in [4.69, 9.17) is 10.8 Å². The molecule has 0 saturated heterocycles. The van der Waals surface area contributed by atoms with Crippen LogP contribution in [0.1, 0.15) is 23.6 Å². The number of aryl methyl sites for hydroxylation is 1. The van der Waals surface area contributed by atoms with E-state index in [-0.39, 0.29) is 18.4 Å². The van der Waals surface area contributed by atoms with Crippen LogP contribution in [0.25, 0.3) is 0 Å². The van der Waals surface area contributed by atoms with Crippen LogP contribution in [0.15, 0.2) is 18.2 Å². The average molecular weight is 181 g/mol. The van der Waals surface area contributed by atoms with Crippen molar-refractivity contribution in [3.63, 3.8) is 0 Å². The van der Waals surface area contributed by atoms with Gasteiger partial charge < -0.3 is 15.9 Å². The third kappa shape index (κ3) is 2.44. The maximum Gasteiger partial charge on any atom is 0.118 e. The molecule has 0 amide bonds. The molecule has 0 radical (unpaired) electrons. The van der Waals surface area contributed by atoms with Crippen molar-refractivity contribution in [3.8, 4) is 5.75 Å². The van der Waals surface area contributed by atoms with E-state index in [9.17, 15) is 5.11 Å². The fraction of sp³-hybridized carbons (Fsp3) is 0.400. The Balaban J connectivity index is 2.84. The molecule has 0 aliphatic carbocycles. The van der Waals surface area contributed by atoms with E-state index in [1.165, 1.54) is 0 Å². The lowest BCUT2D eigenvalue weighted by molar-refractivity contribution is 0.276. The third-order valence-electron chi connectivity index (χ3n) is 2.09. The summed E-state index contributed by atoms with van der Waals surface area (Å²) < 4.78 is 0. The first-order chi connectivity index (χ1) is 6.15. The summed E-state index contributed by atoms with van der Waals surface area (Å²) in [7, 11) is 0. The van der Waals surface area contributed by atoms with Gasteiger partial charge in [-0.05, 0) is 30.5 Å². The molecule has 1 aromatic rings. The summed E-state index contributed by atoms with van der Waals surface area (Å²) in [4.78, 5) is 0. The second-order valence-electron chi connectivity index (χ2n) is 3.16. The predicted octanol–water partition coefficient (Wildman–Crippen LogP) is 1.08. The second kappa shape index (κ2) is 4.25. The van der Waals surface area contributed by atoms with Crippen LogP contribution in [0, 0.1) is 6.92 Å². The largest absolute Gasteiger partial charge is 0.508 e. The number of aromatic hydroxyl groups is 1. The Morgan fingerprint density at radius 1 is 1.46 bits per heavy atom.